The van der Waals surface area contributed by atoms with Gasteiger partial charge in [0.05, 0.1) is 6.20 Å². The van der Waals surface area contributed by atoms with Crippen molar-refractivity contribution in [3.05, 3.63) is 82.7 Å². The van der Waals surface area contributed by atoms with Gasteiger partial charge < -0.3 is 5.32 Å². The van der Waals surface area contributed by atoms with E-state index in [9.17, 15) is 13.6 Å². The molecule has 4 nitrogen and oxygen atoms in total. The molecule has 2 aromatic carbocycles. The summed E-state index contributed by atoms with van der Waals surface area (Å²) in [5.74, 6) is -0.315. The number of fused-ring (bicyclic) bond motifs is 1. The number of aromatic amines is 1. The molecule has 0 spiro atoms. The summed E-state index contributed by atoms with van der Waals surface area (Å²) in [6.45, 7) is 2.05. The molecule has 0 saturated carbocycles. The maximum atomic E-state index is 13.1. The van der Waals surface area contributed by atoms with E-state index in [0.717, 1.165) is 22.3 Å². The molecule has 28 heavy (non-hydrogen) atoms. The number of carbonyl (C=O) groups excluding carboxylic acids is 1. The standard InChI is InChI=1S/C22H19F2N3O/c1-13-19-8-14(17-11-26-27-12-17)6-7-15(19)9-20(13)22(28)25-10-16-4-2-3-5-18(16)21(23)24/h2-9,11-13,21H,10H2,1H3,(H,25,28)(H,26,27). The van der Waals surface area contributed by atoms with Crippen molar-refractivity contribution in [3.63, 3.8) is 0 Å². The first-order chi connectivity index (χ1) is 13.5. The van der Waals surface area contributed by atoms with Crippen LogP contribution in [0.3, 0.4) is 0 Å². The van der Waals surface area contributed by atoms with E-state index in [1.807, 2.05) is 31.3 Å². The number of H-pyrrole nitrogens is 1. The van der Waals surface area contributed by atoms with Crippen molar-refractivity contribution in [1.82, 2.24) is 15.5 Å². The summed E-state index contributed by atoms with van der Waals surface area (Å²) in [6.07, 6.45) is 2.88. The van der Waals surface area contributed by atoms with Gasteiger partial charge in [-0.15, -0.1) is 0 Å². The molecule has 6 heteroatoms. The predicted octanol–water partition coefficient (Wildman–Crippen LogP) is 4.83. The second-order valence-electron chi connectivity index (χ2n) is 6.83. The maximum absolute atomic E-state index is 13.1. The SMILES string of the molecule is CC1C(C(=O)NCc2ccccc2C(F)F)=Cc2ccc(-c3cn[nH]c3)cc21. The Kier molecular flexibility index (Phi) is 4.77. The van der Waals surface area contributed by atoms with Crippen LogP contribution in [0.2, 0.25) is 0 Å². The van der Waals surface area contributed by atoms with Gasteiger partial charge in [-0.2, -0.15) is 5.10 Å². The predicted molar refractivity (Wildman–Crippen MR) is 104 cm³/mol. The summed E-state index contributed by atoms with van der Waals surface area (Å²) < 4.78 is 26.2. The van der Waals surface area contributed by atoms with E-state index in [2.05, 4.69) is 21.6 Å². The largest absolute Gasteiger partial charge is 0.348 e. The Labute approximate surface area is 161 Å². The highest BCUT2D eigenvalue weighted by molar-refractivity contribution is 6.01. The van der Waals surface area contributed by atoms with Crippen LogP contribution in [0.5, 0.6) is 0 Å². The van der Waals surface area contributed by atoms with Gasteiger partial charge in [-0.1, -0.05) is 43.3 Å². The van der Waals surface area contributed by atoms with Crippen molar-refractivity contribution < 1.29 is 13.6 Å². The Bertz CT molecular complexity index is 1040. The monoisotopic (exact) mass is 379 g/mol. The Morgan fingerprint density at radius 3 is 2.79 bits per heavy atom. The Morgan fingerprint density at radius 2 is 2.04 bits per heavy atom. The van der Waals surface area contributed by atoms with E-state index in [0.29, 0.717) is 11.1 Å². The summed E-state index contributed by atoms with van der Waals surface area (Å²) in [6, 6.07) is 12.3. The van der Waals surface area contributed by atoms with Crippen molar-refractivity contribution in [3.8, 4) is 11.1 Å². The van der Waals surface area contributed by atoms with E-state index in [-0.39, 0.29) is 23.9 Å². The Hall–Kier alpha value is -3.28. The van der Waals surface area contributed by atoms with E-state index in [1.54, 1.807) is 24.4 Å². The van der Waals surface area contributed by atoms with Crippen molar-refractivity contribution in [1.29, 1.82) is 0 Å². The van der Waals surface area contributed by atoms with Crippen molar-refractivity contribution >= 4 is 12.0 Å². The zero-order chi connectivity index (χ0) is 19.7. The number of nitrogens with zero attached hydrogens (tertiary/aromatic N) is 1. The number of rotatable bonds is 5. The molecule has 1 unspecified atom stereocenters. The van der Waals surface area contributed by atoms with E-state index < -0.39 is 6.43 Å². The van der Waals surface area contributed by atoms with Gasteiger partial charge in [0.25, 0.3) is 6.43 Å². The molecule has 3 aromatic rings. The number of carbonyl (C=O) groups is 1. The van der Waals surface area contributed by atoms with Crippen LogP contribution in [-0.2, 0) is 11.3 Å². The van der Waals surface area contributed by atoms with Gasteiger partial charge in [-0.3, -0.25) is 9.89 Å². The van der Waals surface area contributed by atoms with Crippen LogP contribution in [-0.4, -0.2) is 16.1 Å². The third-order valence-corrected chi connectivity index (χ3v) is 5.15. The van der Waals surface area contributed by atoms with Gasteiger partial charge in [0.1, 0.15) is 0 Å². The number of alkyl halides is 2. The maximum Gasteiger partial charge on any atom is 0.264 e. The molecule has 2 N–H and O–H groups in total. The molecule has 0 bridgehead atoms. The second kappa shape index (κ2) is 7.38. The molecule has 142 valence electrons. The minimum atomic E-state index is -2.57. The van der Waals surface area contributed by atoms with Gasteiger partial charge in [0.2, 0.25) is 5.91 Å². The average Bonchev–Trinajstić information content (AvgIpc) is 3.34. The minimum Gasteiger partial charge on any atom is -0.348 e. The van der Waals surface area contributed by atoms with E-state index in [4.69, 9.17) is 0 Å². The van der Waals surface area contributed by atoms with E-state index >= 15 is 0 Å². The van der Waals surface area contributed by atoms with Gasteiger partial charge in [-0.05, 0) is 34.4 Å². The summed E-state index contributed by atoms with van der Waals surface area (Å²) in [5.41, 5.74) is 5.08. The molecule has 1 atom stereocenters. The van der Waals surface area contributed by atoms with Crippen LogP contribution in [0.1, 0.15) is 41.5 Å². The number of benzene rings is 2. The number of aromatic nitrogens is 2. The van der Waals surface area contributed by atoms with Crippen LogP contribution in [0.25, 0.3) is 17.2 Å². The summed E-state index contributed by atoms with van der Waals surface area (Å²) in [4.78, 5) is 12.7. The highest BCUT2D eigenvalue weighted by atomic mass is 19.3. The van der Waals surface area contributed by atoms with Gasteiger partial charge >= 0.3 is 0 Å². The number of nitrogens with one attached hydrogen (secondary N) is 2. The molecule has 1 aromatic heterocycles. The first-order valence-electron chi connectivity index (χ1n) is 9.03. The zero-order valence-corrected chi connectivity index (χ0v) is 15.2. The van der Waals surface area contributed by atoms with Crippen LogP contribution in [0.15, 0.2) is 60.4 Å². The van der Waals surface area contributed by atoms with Crippen molar-refractivity contribution in [2.45, 2.75) is 25.8 Å². The van der Waals surface area contributed by atoms with Crippen LogP contribution < -0.4 is 5.32 Å². The lowest BCUT2D eigenvalue weighted by Gasteiger charge is -2.14. The molecule has 1 amide bonds. The molecule has 1 heterocycles. The van der Waals surface area contributed by atoms with Crippen LogP contribution >= 0.6 is 0 Å². The van der Waals surface area contributed by atoms with Crippen molar-refractivity contribution in [2.75, 3.05) is 0 Å². The smallest absolute Gasteiger partial charge is 0.264 e. The third-order valence-electron chi connectivity index (χ3n) is 5.15. The number of halogens is 2. The molecule has 0 fully saturated rings. The zero-order valence-electron chi connectivity index (χ0n) is 15.2. The van der Waals surface area contributed by atoms with E-state index in [1.165, 1.54) is 6.07 Å². The fourth-order valence-corrected chi connectivity index (χ4v) is 3.58. The average molecular weight is 379 g/mol. The summed E-state index contributed by atoms with van der Waals surface area (Å²) in [5, 5.41) is 9.56. The third kappa shape index (κ3) is 3.33. The molecule has 0 saturated heterocycles. The minimum absolute atomic E-state index is 0.0516. The summed E-state index contributed by atoms with van der Waals surface area (Å²) in [7, 11) is 0. The molecule has 0 radical (unpaired) electrons. The molecular formula is C22H19F2N3O. The Balaban J connectivity index is 1.50. The van der Waals surface area contributed by atoms with Crippen LogP contribution in [0, 0.1) is 0 Å². The lowest BCUT2D eigenvalue weighted by atomic mass is 9.94. The van der Waals surface area contributed by atoms with Gasteiger partial charge in [-0.25, -0.2) is 8.78 Å². The molecular weight excluding hydrogens is 360 g/mol. The van der Waals surface area contributed by atoms with Crippen LogP contribution in [0.4, 0.5) is 8.78 Å². The number of hydrogen-bond donors (Lipinski definition) is 2. The Morgan fingerprint density at radius 1 is 1.21 bits per heavy atom. The fourth-order valence-electron chi connectivity index (χ4n) is 3.58. The molecule has 4 rings (SSSR count). The lowest BCUT2D eigenvalue weighted by Crippen LogP contribution is -2.26. The first kappa shape index (κ1) is 18.1. The molecule has 1 aliphatic carbocycles. The lowest BCUT2D eigenvalue weighted by molar-refractivity contribution is -0.117. The highest BCUT2D eigenvalue weighted by Crippen LogP contribution is 2.38. The van der Waals surface area contributed by atoms with Gasteiger partial charge in [0, 0.05) is 35.4 Å². The normalized spacial score (nSPS) is 15.4. The quantitative estimate of drug-likeness (QED) is 0.667. The molecule has 1 aliphatic rings. The topological polar surface area (TPSA) is 57.8 Å². The first-order valence-corrected chi connectivity index (χ1v) is 9.03. The highest BCUT2D eigenvalue weighted by Gasteiger charge is 2.26. The molecule has 0 aliphatic heterocycles. The summed E-state index contributed by atoms with van der Waals surface area (Å²) >= 11 is 0. The fraction of sp³-hybridized carbons (Fsp3) is 0.182. The number of hydrogen-bond acceptors (Lipinski definition) is 2. The number of amides is 1. The second-order valence-corrected chi connectivity index (χ2v) is 6.83. The van der Waals surface area contributed by atoms with Gasteiger partial charge in [0.15, 0.2) is 0 Å². The van der Waals surface area contributed by atoms with Crippen molar-refractivity contribution in [2.24, 2.45) is 0 Å².